The average Bonchev–Trinajstić information content (AvgIpc) is 2.97. The fraction of sp³-hybridized carbons (Fsp3) is 0.476. The summed E-state index contributed by atoms with van der Waals surface area (Å²) in [6, 6.07) is 16.1. The van der Waals surface area contributed by atoms with Crippen molar-refractivity contribution in [2.75, 3.05) is 0 Å². The Balaban J connectivity index is 0.00000251. The van der Waals surface area contributed by atoms with Crippen LogP contribution in [0.15, 0.2) is 58.5 Å². The van der Waals surface area contributed by atoms with E-state index in [-0.39, 0.29) is 27.6 Å². The molecule has 0 atom stereocenters. The van der Waals surface area contributed by atoms with Crippen LogP contribution in [-0.2, 0) is 50.0 Å². The second-order valence-electron chi connectivity index (χ2n) is 15.5. The molecule has 0 unspecified atom stereocenters. The first-order chi connectivity index (χ1) is 23.0. The summed E-state index contributed by atoms with van der Waals surface area (Å²) in [5.74, 6) is -0.335. The number of hydrogen-bond donors (Lipinski definition) is 2. The molecule has 0 bridgehead atoms. The first-order valence-corrected chi connectivity index (χ1v) is 17.3. The number of hydrogen-bond acceptors (Lipinski definition) is 8. The molecular weight excluding hydrogens is 687 g/mol. The van der Waals surface area contributed by atoms with Gasteiger partial charge in [-0.2, -0.15) is 0 Å². The maximum atomic E-state index is 11.1. The van der Waals surface area contributed by atoms with Crippen LogP contribution >= 0.6 is 0 Å². The molecule has 0 aliphatic rings. The van der Waals surface area contributed by atoms with Gasteiger partial charge in [0.1, 0.15) is 11.5 Å². The van der Waals surface area contributed by atoms with Gasteiger partial charge in [0, 0.05) is 46.6 Å². The van der Waals surface area contributed by atoms with E-state index in [0.29, 0.717) is 23.3 Å². The number of phenols is 2. The molecule has 0 heterocycles. The van der Waals surface area contributed by atoms with E-state index >= 15 is 0 Å². The SMILES string of the molecule is CC(=O)[O-].CC(=O)[O-].CC(C)CCc1cc(C=Nc2ccc(N=Cc3cc(CCC(C)C)cc(C(C)(C)C)c3O)cc2)c(O)c(C(C)(C)C)c1.[Co+2]. The minimum absolute atomic E-state index is 0. The summed E-state index contributed by atoms with van der Waals surface area (Å²) >= 11 is 0. The minimum Gasteiger partial charge on any atom is -0.550 e. The molecule has 281 valence electrons. The number of carbonyl (C=O) groups excluding carboxylic acids is 2. The van der Waals surface area contributed by atoms with Gasteiger partial charge in [0.2, 0.25) is 0 Å². The van der Waals surface area contributed by atoms with Crippen molar-refractivity contribution < 1.29 is 46.8 Å². The van der Waals surface area contributed by atoms with Crippen LogP contribution in [0.2, 0.25) is 0 Å². The average molecular weight is 746 g/mol. The normalized spacial score (nSPS) is 11.6. The number of carboxylic acid groups (broad SMARTS) is 2. The van der Waals surface area contributed by atoms with Crippen LogP contribution < -0.4 is 10.2 Å². The van der Waals surface area contributed by atoms with Crippen LogP contribution in [0, 0.1) is 11.8 Å². The Bertz CT molecular complexity index is 1480. The predicted molar refractivity (Wildman–Crippen MR) is 202 cm³/mol. The van der Waals surface area contributed by atoms with Crippen molar-refractivity contribution in [3.8, 4) is 11.5 Å². The topological polar surface area (TPSA) is 145 Å². The van der Waals surface area contributed by atoms with Gasteiger partial charge in [0.05, 0.1) is 11.4 Å². The van der Waals surface area contributed by atoms with Gasteiger partial charge in [0.25, 0.3) is 0 Å². The molecule has 2 N–H and O–H groups in total. The van der Waals surface area contributed by atoms with Crippen molar-refractivity contribution in [2.24, 2.45) is 21.8 Å². The molecule has 3 aromatic rings. The van der Waals surface area contributed by atoms with Gasteiger partial charge in [-0.1, -0.05) is 81.4 Å². The number of aliphatic imine (C=N–C) groups is 2. The monoisotopic (exact) mass is 745 g/mol. The summed E-state index contributed by atoms with van der Waals surface area (Å²) in [6.07, 6.45) is 7.67. The number of carboxylic acids is 2. The maximum absolute atomic E-state index is 11.1. The fourth-order valence-electron chi connectivity index (χ4n) is 4.89. The molecule has 9 heteroatoms. The number of aliphatic carboxylic acids is 2. The van der Waals surface area contributed by atoms with Crippen molar-refractivity contribution in [2.45, 2.75) is 120 Å². The Morgan fingerprint density at radius 1 is 0.647 bits per heavy atom. The Morgan fingerprint density at radius 3 is 1.16 bits per heavy atom. The van der Waals surface area contributed by atoms with Crippen molar-refractivity contribution in [1.29, 1.82) is 0 Å². The number of aryl methyl sites for hydroxylation is 2. The Morgan fingerprint density at radius 2 is 0.922 bits per heavy atom. The van der Waals surface area contributed by atoms with E-state index in [1.165, 1.54) is 11.1 Å². The summed E-state index contributed by atoms with van der Waals surface area (Å²) in [5, 5.41) is 39.9. The van der Waals surface area contributed by atoms with Crippen molar-refractivity contribution in [3.05, 3.63) is 81.9 Å². The molecule has 0 aliphatic heterocycles. The van der Waals surface area contributed by atoms with Gasteiger partial charge in [-0.15, -0.1) is 0 Å². The third kappa shape index (κ3) is 18.2. The molecule has 0 aromatic heterocycles. The van der Waals surface area contributed by atoms with Gasteiger partial charge < -0.3 is 30.0 Å². The molecule has 0 fully saturated rings. The van der Waals surface area contributed by atoms with E-state index in [2.05, 4.69) is 103 Å². The quantitative estimate of drug-likeness (QED) is 0.202. The summed E-state index contributed by atoms with van der Waals surface area (Å²) < 4.78 is 0. The minimum atomic E-state index is -1.08. The second-order valence-corrected chi connectivity index (χ2v) is 15.5. The molecule has 3 aromatic carbocycles. The summed E-state index contributed by atoms with van der Waals surface area (Å²) in [4.78, 5) is 27.1. The van der Waals surface area contributed by atoms with Crippen LogP contribution in [0.5, 0.6) is 11.5 Å². The van der Waals surface area contributed by atoms with Crippen LogP contribution in [0.25, 0.3) is 0 Å². The van der Waals surface area contributed by atoms with E-state index in [4.69, 9.17) is 19.8 Å². The van der Waals surface area contributed by atoms with Crippen molar-refractivity contribution in [1.82, 2.24) is 0 Å². The van der Waals surface area contributed by atoms with Gasteiger partial charge in [-0.25, -0.2) is 0 Å². The molecule has 0 aliphatic carbocycles. The molecule has 3 rings (SSSR count). The van der Waals surface area contributed by atoms with Crippen molar-refractivity contribution in [3.63, 3.8) is 0 Å². The van der Waals surface area contributed by atoms with Crippen LogP contribution in [0.4, 0.5) is 11.4 Å². The number of benzene rings is 3. The predicted octanol–water partition coefficient (Wildman–Crippen LogP) is 7.88. The molecule has 0 amide bonds. The standard InChI is InChI=1S/C38H52N2O2.2C2H4O2.Co/c1-25(2)11-13-27-19-29(35(41)33(21-27)37(5,6)7)23-39-31-15-17-32(18-16-31)40-24-30-20-28(14-12-26(3)4)22-34(36(30)42)38(8,9)10;2*1-2(3)4;/h15-26,41-42H,11-14H2,1-10H3;2*1H3,(H,3,4);/q;;;+2/p-2. The Hall–Kier alpha value is -3.95. The molecular formula is C42H58CoN2O6. The van der Waals surface area contributed by atoms with Crippen LogP contribution in [0.3, 0.4) is 0 Å². The molecule has 0 spiro atoms. The smallest absolute Gasteiger partial charge is 0.550 e. The second kappa shape index (κ2) is 21.4. The van der Waals surface area contributed by atoms with Crippen LogP contribution in [0.1, 0.15) is 129 Å². The van der Waals surface area contributed by atoms with E-state index in [1.807, 2.05) is 24.3 Å². The van der Waals surface area contributed by atoms with Gasteiger partial charge in [-0.3, -0.25) is 9.98 Å². The number of phenolic OH excluding ortho intramolecular Hbond substituents is 2. The van der Waals surface area contributed by atoms with E-state index in [1.54, 1.807) is 12.4 Å². The first-order valence-electron chi connectivity index (χ1n) is 17.3. The van der Waals surface area contributed by atoms with Crippen molar-refractivity contribution >= 4 is 35.7 Å². The summed E-state index contributed by atoms with van der Waals surface area (Å²) in [6.45, 7) is 23.6. The van der Waals surface area contributed by atoms with Crippen LogP contribution in [-0.4, -0.2) is 34.6 Å². The summed E-state index contributed by atoms with van der Waals surface area (Å²) in [7, 11) is 0. The number of nitrogens with zero attached hydrogens (tertiary/aromatic N) is 2. The molecule has 8 nitrogen and oxygen atoms in total. The summed E-state index contributed by atoms with van der Waals surface area (Å²) in [5.41, 5.74) is 7.05. The largest absolute Gasteiger partial charge is 2.00 e. The fourth-order valence-corrected chi connectivity index (χ4v) is 4.89. The zero-order valence-corrected chi connectivity index (χ0v) is 33.6. The zero-order valence-electron chi connectivity index (χ0n) is 32.5. The molecule has 1 radical (unpaired) electrons. The molecule has 0 saturated heterocycles. The molecule has 51 heavy (non-hydrogen) atoms. The van der Waals surface area contributed by atoms with E-state index in [9.17, 15) is 10.2 Å². The third-order valence-electron chi connectivity index (χ3n) is 7.59. The number of rotatable bonds is 10. The third-order valence-corrected chi connectivity index (χ3v) is 7.59. The number of carbonyl (C=O) groups is 2. The number of aromatic hydroxyl groups is 2. The Labute approximate surface area is 316 Å². The van der Waals surface area contributed by atoms with Gasteiger partial charge in [-0.05, 0) is 110 Å². The zero-order chi connectivity index (χ0) is 38.4. The molecule has 0 saturated carbocycles. The first kappa shape index (κ1) is 47.0. The van der Waals surface area contributed by atoms with E-state index in [0.717, 1.165) is 73.2 Å². The van der Waals surface area contributed by atoms with Gasteiger partial charge in [0.15, 0.2) is 0 Å². The van der Waals surface area contributed by atoms with E-state index < -0.39 is 11.9 Å². The Kier molecular flexibility index (Phi) is 19.8. The maximum Gasteiger partial charge on any atom is 2.00 e. The van der Waals surface area contributed by atoms with Gasteiger partial charge >= 0.3 is 16.8 Å².